The predicted molar refractivity (Wildman–Crippen MR) is 127 cm³/mol. The van der Waals surface area contributed by atoms with Gasteiger partial charge in [-0.05, 0) is 29.1 Å². The maximum Gasteiger partial charge on any atom is 0.309 e. The van der Waals surface area contributed by atoms with Crippen molar-refractivity contribution in [3.05, 3.63) is 0 Å². The standard InChI is InChI=1S/C18H34O4.C7H12O4/c1-13(2)9-14(16(20)22-12-18(6,7)8)10-15(19)21-11-17(3,4)5;1-4(2)5(7(10)11)3-6(8)9/h13-14H,9-12H2,1-8H3;4-5H,3H2,1-2H3,(H,8,9)(H,10,11). The quantitative estimate of drug-likeness (QED) is 0.399. The zero-order chi connectivity index (χ0) is 26.6. The van der Waals surface area contributed by atoms with Gasteiger partial charge >= 0.3 is 23.9 Å². The molecule has 2 unspecified atom stereocenters. The topological polar surface area (TPSA) is 127 Å². The van der Waals surface area contributed by atoms with E-state index < -0.39 is 23.8 Å². The first-order valence-electron chi connectivity index (χ1n) is 11.5. The van der Waals surface area contributed by atoms with E-state index in [0.717, 1.165) is 0 Å². The van der Waals surface area contributed by atoms with Crippen LogP contribution in [-0.4, -0.2) is 47.3 Å². The number of carbonyl (C=O) groups excluding carboxylic acids is 2. The van der Waals surface area contributed by atoms with Crippen LogP contribution in [0.5, 0.6) is 0 Å². The van der Waals surface area contributed by atoms with Gasteiger partial charge in [-0.3, -0.25) is 19.2 Å². The molecule has 0 heterocycles. The van der Waals surface area contributed by atoms with Crippen LogP contribution in [-0.2, 0) is 28.7 Å². The SMILES string of the molecule is CC(C)C(CC(=O)O)C(=O)O.CC(C)CC(CC(=O)OCC(C)(C)C)C(=O)OCC(C)(C)C. The zero-order valence-electron chi connectivity index (χ0n) is 22.2. The highest BCUT2D eigenvalue weighted by molar-refractivity contribution is 5.80. The molecule has 0 rings (SSSR count). The van der Waals surface area contributed by atoms with Gasteiger partial charge in [0, 0.05) is 0 Å². The summed E-state index contributed by atoms with van der Waals surface area (Å²) >= 11 is 0. The molecule has 0 saturated heterocycles. The fourth-order valence-electron chi connectivity index (χ4n) is 2.59. The van der Waals surface area contributed by atoms with Crippen molar-refractivity contribution < 1.29 is 38.9 Å². The Morgan fingerprint density at radius 2 is 1.21 bits per heavy atom. The molecule has 0 amide bonds. The lowest BCUT2D eigenvalue weighted by atomic mass is 9.93. The van der Waals surface area contributed by atoms with Gasteiger partial charge in [-0.1, -0.05) is 69.2 Å². The van der Waals surface area contributed by atoms with Gasteiger partial charge in [0.15, 0.2) is 0 Å². The van der Waals surface area contributed by atoms with E-state index in [1.165, 1.54) is 0 Å². The summed E-state index contributed by atoms with van der Waals surface area (Å²) in [5.74, 6) is -3.73. The summed E-state index contributed by atoms with van der Waals surface area (Å²) in [6, 6.07) is 0. The summed E-state index contributed by atoms with van der Waals surface area (Å²) in [5.41, 5.74) is -0.152. The second-order valence-corrected chi connectivity index (χ2v) is 11.7. The van der Waals surface area contributed by atoms with Gasteiger partial charge in [0.1, 0.15) is 0 Å². The Hall–Kier alpha value is -2.12. The Morgan fingerprint density at radius 3 is 1.52 bits per heavy atom. The summed E-state index contributed by atoms with van der Waals surface area (Å²) in [7, 11) is 0. The monoisotopic (exact) mass is 474 g/mol. The van der Waals surface area contributed by atoms with Gasteiger partial charge in [-0.25, -0.2) is 0 Å². The van der Waals surface area contributed by atoms with E-state index in [0.29, 0.717) is 25.6 Å². The van der Waals surface area contributed by atoms with E-state index in [2.05, 4.69) is 0 Å². The van der Waals surface area contributed by atoms with Crippen LogP contribution in [0.25, 0.3) is 0 Å². The normalized spacial score (nSPS) is 13.6. The maximum absolute atomic E-state index is 12.2. The van der Waals surface area contributed by atoms with Gasteiger partial charge in [0.2, 0.25) is 0 Å². The highest BCUT2D eigenvalue weighted by Gasteiger charge is 2.27. The molecule has 0 bridgehead atoms. The summed E-state index contributed by atoms with van der Waals surface area (Å²) in [6.07, 6.45) is 0.428. The minimum atomic E-state index is -1.06. The van der Waals surface area contributed by atoms with Crippen molar-refractivity contribution in [1.29, 1.82) is 0 Å². The Labute approximate surface area is 199 Å². The average molecular weight is 475 g/mol. The van der Waals surface area contributed by atoms with Crippen LogP contribution in [0.4, 0.5) is 0 Å². The Kier molecular flexibility index (Phi) is 14.9. The number of hydrogen-bond acceptors (Lipinski definition) is 6. The molecule has 8 heteroatoms. The molecule has 194 valence electrons. The van der Waals surface area contributed by atoms with Crippen molar-refractivity contribution in [3.63, 3.8) is 0 Å². The van der Waals surface area contributed by atoms with Crippen LogP contribution in [0, 0.1) is 34.5 Å². The molecule has 33 heavy (non-hydrogen) atoms. The van der Waals surface area contributed by atoms with E-state index in [1.54, 1.807) is 13.8 Å². The van der Waals surface area contributed by atoms with Crippen molar-refractivity contribution in [2.75, 3.05) is 13.2 Å². The molecular weight excluding hydrogens is 428 g/mol. The Bertz CT molecular complexity index is 623. The third kappa shape index (κ3) is 20.2. The molecule has 0 aromatic carbocycles. The summed E-state index contributed by atoms with van der Waals surface area (Å²) < 4.78 is 10.6. The van der Waals surface area contributed by atoms with Crippen molar-refractivity contribution in [2.24, 2.45) is 34.5 Å². The molecule has 0 aliphatic rings. The van der Waals surface area contributed by atoms with Crippen molar-refractivity contribution >= 4 is 23.9 Å². The van der Waals surface area contributed by atoms with E-state index in [-0.39, 0.29) is 41.5 Å². The van der Waals surface area contributed by atoms with Crippen molar-refractivity contribution in [2.45, 2.75) is 88.5 Å². The van der Waals surface area contributed by atoms with Gasteiger partial charge in [0.25, 0.3) is 0 Å². The molecule has 0 aliphatic carbocycles. The van der Waals surface area contributed by atoms with Gasteiger partial charge in [-0.15, -0.1) is 0 Å². The average Bonchev–Trinajstić information content (AvgIpc) is 2.60. The molecule has 0 saturated carbocycles. The number of carbonyl (C=O) groups is 4. The van der Waals surface area contributed by atoms with Crippen LogP contribution in [0.15, 0.2) is 0 Å². The van der Waals surface area contributed by atoms with Crippen LogP contribution in [0.1, 0.15) is 88.5 Å². The summed E-state index contributed by atoms with van der Waals surface area (Å²) in [4.78, 5) is 44.8. The fraction of sp³-hybridized carbons (Fsp3) is 0.840. The minimum Gasteiger partial charge on any atom is -0.481 e. The molecule has 8 nitrogen and oxygen atoms in total. The number of carboxylic acid groups (broad SMARTS) is 2. The minimum absolute atomic E-state index is 0.0735. The third-order valence-electron chi connectivity index (χ3n) is 4.33. The molecule has 0 aromatic heterocycles. The number of hydrogen-bond donors (Lipinski definition) is 2. The number of aliphatic carboxylic acids is 2. The van der Waals surface area contributed by atoms with Gasteiger partial charge in [0.05, 0.1) is 37.9 Å². The van der Waals surface area contributed by atoms with Crippen LogP contribution in [0.3, 0.4) is 0 Å². The predicted octanol–water partition coefficient (Wildman–Crippen LogP) is 5.04. The maximum atomic E-state index is 12.2. The first-order valence-corrected chi connectivity index (χ1v) is 11.5. The fourth-order valence-corrected chi connectivity index (χ4v) is 2.59. The molecule has 2 N–H and O–H groups in total. The number of ether oxygens (including phenoxy) is 2. The van der Waals surface area contributed by atoms with E-state index in [9.17, 15) is 19.2 Å². The summed E-state index contributed by atoms with van der Waals surface area (Å²) in [5, 5.41) is 16.8. The Morgan fingerprint density at radius 1 is 0.758 bits per heavy atom. The van der Waals surface area contributed by atoms with Crippen LogP contribution in [0.2, 0.25) is 0 Å². The second-order valence-electron chi connectivity index (χ2n) is 11.7. The number of rotatable bonds is 11. The van der Waals surface area contributed by atoms with E-state index in [4.69, 9.17) is 19.7 Å². The zero-order valence-corrected chi connectivity index (χ0v) is 22.2. The van der Waals surface area contributed by atoms with E-state index in [1.807, 2.05) is 55.4 Å². The van der Waals surface area contributed by atoms with Crippen molar-refractivity contribution in [3.8, 4) is 0 Å². The lowest BCUT2D eigenvalue weighted by Gasteiger charge is -2.23. The van der Waals surface area contributed by atoms with Gasteiger partial charge < -0.3 is 19.7 Å². The van der Waals surface area contributed by atoms with Crippen LogP contribution >= 0.6 is 0 Å². The summed E-state index contributed by atoms with van der Waals surface area (Å²) in [6.45, 7) is 20.2. The molecular formula is C25H46O8. The smallest absolute Gasteiger partial charge is 0.309 e. The highest BCUT2D eigenvalue weighted by Crippen LogP contribution is 2.21. The highest BCUT2D eigenvalue weighted by atomic mass is 16.5. The number of esters is 2. The molecule has 0 radical (unpaired) electrons. The molecule has 2 atom stereocenters. The second kappa shape index (κ2) is 14.9. The van der Waals surface area contributed by atoms with Gasteiger partial charge in [-0.2, -0.15) is 0 Å². The van der Waals surface area contributed by atoms with Crippen LogP contribution < -0.4 is 0 Å². The van der Waals surface area contributed by atoms with E-state index >= 15 is 0 Å². The molecule has 0 aromatic rings. The molecule has 0 aliphatic heterocycles. The molecule has 0 spiro atoms. The Balaban J connectivity index is 0. The molecule has 0 fully saturated rings. The lowest BCUT2D eigenvalue weighted by molar-refractivity contribution is -0.158. The lowest BCUT2D eigenvalue weighted by Crippen LogP contribution is -2.28. The first kappa shape index (κ1) is 33.1. The third-order valence-corrected chi connectivity index (χ3v) is 4.33. The van der Waals surface area contributed by atoms with Crippen molar-refractivity contribution in [1.82, 2.24) is 0 Å². The number of carboxylic acids is 2. The largest absolute Gasteiger partial charge is 0.481 e. The first-order chi connectivity index (χ1) is 14.7.